The van der Waals surface area contributed by atoms with Crippen molar-refractivity contribution >= 4 is 25.9 Å². The molecule has 1 atom stereocenters. The number of thiophene rings is 1. The minimum absolute atomic E-state index is 0.0535. The Bertz CT molecular complexity index is 531. The summed E-state index contributed by atoms with van der Waals surface area (Å²) < 4.78 is 6.27. The Kier molecular flexibility index (Phi) is 5.28. The van der Waals surface area contributed by atoms with E-state index < -0.39 is 8.32 Å². The Morgan fingerprint density at radius 3 is 2.55 bits per heavy atom. The van der Waals surface area contributed by atoms with Crippen LogP contribution in [0.3, 0.4) is 0 Å². The molecule has 0 bridgehead atoms. The maximum Gasteiger partial charge on any atom is 0.184 e. The first-order valence-electron chi connectivity index (χ1n) is 6.79. The predicted octanol–water partition coefficient (Wildman–Crippen LogP) is 4.76. The lowest BCUT2D eigenvalue weighted by atomic mass is 10.1. The molecule has 2 nitrogen and oxygen atoms in total. The smallest absolute Gasteiger partial charge is 0.184 e. The van der Waals surface area contributed by atoms with Crippen molar-refractivity contribution in [2.75, 3.05) is 6.54 Å². The van der Waals surface area contributed by atoms with Crippen molar-refractivity contribution < 1.29 is 4.43 Å². The van der Waals surface area contributed by atoms with Crippen LogP contribution in [0.5, 0.6) is 0 Å². The van der Waals surface area contributed by atoms with E-state index in [0.29, 0.717) is 6.54 Å². The number of rotatable bonds is 6. The summed E-state index contributed by atoms with van der Waals surface area (Å²) in [5, 5.41) is 4.16. The van der Waals surface area contributed by atoms with E-state index in [9.17, 15) is 0 Å². The Labute approximate surface area is 126 Å². The molecule has 106 valence electrons. The second-order valence-corrected chi connectivity index (χ2v) is 10.9. The first-order valence-corrected chi connectivity index (χ1v) is 11.1. The van der Waals surface area contributed by atoms with Gasteiger partial charge >= 0.3 is 0 Å². The quantitative estimate of drug-likeness (QED) is 0.557. The van der Waals surface area contributed by atoms with E-state index in [1.54, 1.807) is 11.3 Å². The molecule has 0 N–H and O–H groups in total. The first-order chi connectivity index (χ1) is 9.54. The van der Waals surface area contributed by atoms with E-state index in [1.165, 1.54) is 5.56 Å². The van der Waals surface area contributed by atoms with Crippen LogP contribution in [-0.2, 0) is 4.43 Å². The van der Waals surface area contributed by atoms with Gasteiger partial charge in [-0.25, -0.2) is 0 Å². The molecule has 0 saturated heterocycles. The second-order valence-electron chi connectivity index (χ2n) is 5.68. The van der Waals surface area contributed by atoms with Gasteiger partial charge in [-0.05, 0) is 42.0 Å². The van der Waals surface area contributed by atoms with Gasteiger partial charge in [-0.1, -0.05) is 30.3 Å². The van der Waals surface area contributed by atoms with Gasteiger partial charge in [0.1, 0.15) is 0 Å². The highest BCUT2D eigenvalue weighted by Gasteiger charge is 2.21. The number of benzene rings is 1. The molecule has 20 heavy (non-hydrogen) atoms. The lowest BCUT2D eigenvalue weighted by Crippen LogP contribution is -2.29. The molecule has 2 rings (SSSR count). The van der Waals surface area contributed by atoms with Gasteiger partial charge in [0.25, 0.3) is 0 Å². The van der Waals surface area contributed by atoms with Gasteiger partial charge in [-0.2, -0.15) is 11.3 Å². The zero-order chi connectivity index (χ0) is 14.4. The van der Waals surface area contributed by atoms with Crippen molar-refractivity contribution in [1.82, 2.24) is 0 Å². The minimum atomic E-state index is -1.59. The molecule has 0 aliphatic carbocycles. The number of nitrogens with zero attached hydrogens (tertiary/aromatic N) is 1. The van der Waals surface area contributed by atoms with Crippen molar-refractivity contribution in [1.29, 1.82) is 0 Å². The molecule has 4 heteroatoms. The summed E-state index contributed by atoms with van der Waals surface area (Å²) in [6, 6.07) is 12.4. The van der Waals surface area contributed by atoms with Crippen molar-refractivity contribution in [2.24, 2.45) is 4.99 Å². The molecule has 1 aromatic carbocycles. The second kappa shape index (κ2) is 6.97. The van der Waals surface area contributed by atoms with E-state index in [0.717, 1.165) is 5.56 Å². The zero-order valence-corrected chi connectivity index (χ0v) is 14.1. The van der Waals surface area contributed by atoms with Gasteiger partial charge in [0.15, 0.2) is 8.32 Å². The molecule has 1 unspecified atom stereocenters. The standard InChI is InChI=1S/C16H21NOSSi/c1-20(2,3)18-16(15-7-5-4-6-8-15)12-17-11-14-9-10-19-13-14/h4-11,13,16H,12H2,1-3H3. The molecular weight excluding hydrogens is 282 g/mol. The molecule has 0 amide bonds. The fourth-order valence-corrected chi connectivity index (χ4v) is 3.58. The van der Waals surface area contributed by atoms with E-state index in [1.807, 2.05) is 12.3 Å². The fraction of sp³-hybridized carbons (Fsp3) is 0.312. The van der Waals surface area contributed by atoms with Gasteiger partial charge in [0, 0.05) is 11.8 Å². The number of hydrogen-bond donors (Lipinski definition) is 0. The molecule has 0 fully saturated rings. The van der Waals surface area contributed by atoms with Gasteiger partial charge in [-0.15, -0.1) is 0 Å². The van der Waals surface area contributed by atoms with Crippen LogP contribution in [0.4, 0.5) is 0 Å². The third-order valence-corrected chi connectivity index (χ3v) is 4.42. The maximum atomic E-state index is 6.27. The minimum Gasteiger partial charge on any atom is -0.409 e. The first kappa shape index (κ1) is 15.2. The highest BCUT2D eigenvalue weighted by atomic mass is 32.1. The van der Waals surface area contributed by atoms with Crippen molar-refractivity contribution in [3.05, 3.63) is 58.3 Å². The predicted molar refractivity (Wildman–Crippen MR) is 90.4 cm³/mol. The van der Waals surface area contributed by atoms with Crippen LogP contribution < -0.4 is 0 Å². The Balaban J connectivity index is 2.07. The van der Waals surface area contributed by atoms with Crippen LogP contribution in [0.1, 0.15) is 17.2 Å². The van der Waals surface area contributed by atoms with Gasteiger partial charge in [0.2, 0.25) is 0 Å². The largest absolute Gasteiger partial charge is 0.409 e. The van der Waals surface area contributed by atoms with Crippen molar-refractivity contribution in [3.8, 4) is 0 Å². The SMILES string of the molecule is C[Si](C)(C)OC(CN=Cc1ccsc1)c1ccccc1. The molecule has 0 spiro atoms. The van der Waals surface area contributed by atoms with Gasteiger partial charge in [0.05, 0.1) is 12.6 Å². The molecule has 1 heterocycles. The van der Waals surface area contributed by atoms with Gasteiger partial charge in [-0.3, -0.25) is 4.99 Å². The summed E-state index contributed by atoms with van der Waals surface area (Å²) in [7, 11) is -1.59. The zero-order valence-electron chi connectivity index (χ0n) is 12.2. The summed E-state index contributed by atoms with van der Waals surface area (Å²) in [5.74, 6) is 0. The van der Waals surface area contributed by atoms with Gasteiger partial charge < -0.3 is 4.43 Å². The maximum absolute atomic E-state index is 6.27. The van der Waals surface area contributed by atoms with E-state index in [-0.39, 0.29) is 6.10 Å². The third-order valence-electron chi connectivity index (χ3n) is 2.72. The highest BCUT2D eigenvalue weighted by molar-refractivity contribution is 7.08. The van der Waals surface area contributed by atoms with Crippen LogP contribution in [0.25, 0.3) is 0 Å². The van der Waals surface area contributed by atoms with E-state index in [2.05, 4.69) is 65.7 Å². The Morgan fingerprint density at radius 2 is 1.95 bits per heavy atom. The Morgan fingerprint density at radius 1 is 1.20 bits per heavy atom. The molecule has 0 radical (unpaired) electrons. The van der Waals surface area contributed by atoms with Crippen LogP contribution in [0.15, 0.2) is 52.2 Å². The fourth-order valence-electron chi connectivity index (χ4n) is 1.91. The monoisotopic (exact) mass is 303 g/mol. The van der Waals surface area contributed by atoms with Crippen molar-refractivity contribution in [2.45, 2.75) is 25.7 Å². The summed E-state index contributed by atoms with van der Waals surface area (Å²) in [6.07, 6.45) is 1.98. The van der Waals surface area contributed by atoms with E-state index in [4.69, 9.17) is 4.43 Å². The summed E-state index contributed by atoms with van der Waals surface area (Å²) in [4.78, 5) is 4.55. The molecule has 0 saturated carbocycles. The number of aliphatic imine (C=N–C) groups is 1. The topological polar surface area (TPSA) is 21.6 Å². The normalized spacial score (nSPS) is 13.8. The molecule has 1 aromatic heterocycles. The van der Waals surface area contributed by atoms with Crippen LogP contribution in [0.2, 0.25) is 19.6 Å². The summed E-state index contributed by atoms with van der Waals surface area (Å²) >= 11 is 1.69. The summed E-state index contributed by atoms with van der Waals surface area (Å²) in [6.45, 7) is 7.31. The summed E-state index contributed by atoms with van der Waals surface area (Å²) in [5.41, 5.74) is 2.37. The number of hydrogen-bond acceptors (Lipinski definition) is 3. The third kappa shape index (κ3) is 5.04. The molecule has 0 aliphatic rings. The lowest BCUT2D eigenvalue weighted by molar-refractivity contribution is 0.207. The highest BCUT2D eigenvalue weighted by Crippen LogP contribution is 2.22. The molecule has 0 aliphatic heterocycles. The average molecular weight is 304 g/mol. The molecular formula is C16H21NOSSi. The lowest BCUT2D eigenvalue weighted by Gasteiger charge is -2.25. The molecule has 2 aromatic rings. The van der Waals surface area contributed by atoms with Crippen LogP contribution in [-0.4, -0.2) is 21.1 Å². The van der Waals surface area contributed by atoms with E-state index >= 15 is 0 Å². The Hall–Kier alpha value is -1.23. The van der Waals surface area contributed by atoms with Crippen molar-refractivity contribution in [3.63, 3.8) is 0 Å². The average Bonchev–Trinajstić information content (AvgIpc) is 2.90. The van der Waals surface area contributed by atoms with Crippen LogP contribution >= 0.6 is 11.3 Å². The van der Waals surface area contributed by atoms with Crippen LogP contribution in [0, 0.1) is 0 Å².